The van der Waals surface area contributed by atoms with Gasteiger partial charge >= 0.3 is 0 Å². The van der Waals surface area contributed by atoms with Crippen molar-refractivity contribution < 1.29 is 9.18 Å². The van der Waals surface area contributed by atoms with Gasteiger partial charge in [-0.05, 0) is 56.4 Å². The van der Waals surface area contributed by atoms with Crippen molar-refractivity contribution in [3.8, 4) is 23.1 Å². The lowest BCUT2D eigenvalue weighted by Crippen LogP contribution is -2.36. The number of nitrogens with one attached hydrogen (secondary N) is 1. The first-order chi connectivity index (χ1) is 16.3. The average Bonchev–Trinajstić information content (AvgIpc) is 3.51. The second kappa shape index (κ2) is 8.56. The van der Waals surface area contributed by atoms with Gasteiger partial charge in [-0.15, -0.1) is 0 Å². The van der Waals surface area contributed by atoms with Gasteiger partial charge in [0, 0.05) is 42.5 Å². The lowest BCUT2D eigenvalue weighted by Gasteiger charge is -2.11. The lowest BCUT2D eigenvalue weighted by molar-refractivity contribution is 0.0934. The molecule has 3 heterocycles. The summed E-state index contributed by atoms with van der Waals surface area (Å²) in [5.74, 6) is -0.577. The molecule has 5 rings (SSSR count). The first-order valence-electron chi connectivity index (χ1n) is 10.8. The van der Waals surface area contributed by atoms with E-state index in [-0.39, 0.29) is 23.2 Å². The maximum absolute atomic E-state index is 14.4. The number of aromatic nitrogens is 4. The van der Waals surface area contributed by atoms with Gasteiger partial charge in [0.2, 0.25) is 0 Å². The third kappa shape index (κ3) is 3.91. The molecule has 172 valence electrons. The van der Waals surface area contributed by atoms with Gasteiger partial charge in [-0.2, -0.15) is 10.4 Å². The third-order valence-electron chi connectivity index (χ3n) is 6.04. The molecule has 34 heavy (non-hydrogen) atoms. The highest BCUT2D eigenvalue weighted by Gasteiger charge is 2.24. The predicted molar refractivity (Wildman–Crippen MR) is 126 cm³/mol. The van der Waals surface area contributed by atoms with Gasteiger partial charge in [-0.25, -0.2) is 9.37 Å². The third-order valence-corrected chi connectivity index (χ3v) is 6.48. The molecule has 8 nitrogen and oxygen atoms in total. The number of carbonyl (C=O) groups excluding carboxylic acids is 1. The van der Waals surface area contributed by atoms with E-state index in [1.165, 1.54) is 12.1 Å². The van der Waals surface area contributed by atoms with E-state index in [0.717, 1.165) is 30.4 Å². The second-order valence-corrected chi connectivity index (χ2v) is 8.82. The largest absolute Gasteiger partial charge is 0.347 e. The van der Waals surface area contributed by atoms with Crippen LogP contribution < -0.4 is 5.32 Å². The Kier molecular flexibility index (Phi) is 5.55. The highest BCUT2D eigenvalue weighted by Crippen LogP contribution is 2.29. The van der Waals surface area contributed by atoms with E-state index in [0.29, 0.717) is 22.2 Å². The molecule has 1 N–H and O–H groups in total. The summed E-state index contributed by atoms with van der Waals surface area (Å²) in [4.78, 5) is 19.7. The molecule has 4 aromatic rings. The maximum atomic E-state index is 14.4. The number of halogens is 2. The van der Waals surface area contributed by atoms with Crippen LogP contribution in [0.2, 0.25) is 5.15 Å². The molecule has 10 heteroatoms. The summed E-state index contributed by atoms with van der Waals surface area (Å²) >= 11 is 6.40. The standard InChI is InChI=1S/C24H21ClFN7O/c1-31-8-7-16(12-31)28-24(34)21-13-33(17-5-6-20-18(10-17)22(25)32(2)30-20)23(29-21)14-3-4-15(11-27)19(26)9-14/h3-6,9-10,13,16H,7-8,12H2,1-2H3,(H,28,34)/t16-/m1/s1. The Morgan fingerprint density at radius 2 is 2.09 bits per heavy atom. The Labute approximate surface area is 200 Å². The number of amides is 1. The van der Waals surface area contributed by atoms with Crippen molar-refractivity contribution in [1.29, 1.82) is 5.26 Å². The van der Waals surface area contributed by atoms with Crippen molar-refractivity contribution in [3.05, 3.63) is 64.8 Å². The summed E-state index contributed by atoms with van der Waals surface area (Å²) in [6.07, 6.45) is 2.50. The van der Waals surface area contributed by atoms with Crippen molar-refractivity contribution >= 4 is 28.4 Å². The first-order valence-corrected chi connectivity index (χ1v) is 11.1. The van der Waals surface area contributed by atoms with Crippen LogP contribution in [0.1, 0.15) is 22.5 Å². The number of likely N-dealkylation sites (tertiary alicyclic amines) is 1. The maximum Gasteiger partial charge on any atom is 0.271 e. The quantitative estimate of drug-likeness (QED) is 0.485. The van der Waals surface area contributed by atoms with Gasteiger partial charge < -0.3 is 10.2 Å². The zero-order valence-corrected chi connectivity index (χ0v) is 19.3. The van der Waals surface area contributed by atoms with E-state index in [4.69, 9.17) is 16.9 Å². The average molecular weight is 478 g/mol. The molecule has 1 aliphatic rings. The van der Waals surface area contributed by atoms with Crippen molar-refractivity contribution in [2.24, 2.45) is 7.05 Å². The van der Waals surface area contributed by atoms with E-state index in [1.54, 1.807) is 28.6 Å². The molecular weight excluding hydrogens is 457 g/mol. The van der Waals surface area contributed by atoms with Gasteiger partial charge in [-0.3, -0.25) is 14.0 Å². The number of carbonyl (C=O) groups is 1. The smallest absolute Gasteiger partial charge is 0.271 e. The van der Waals surface area contributed by atoms with Crippen LogP contribution in [0.5, 0.6) is 0 Å². The number of aryl methyl sites for hydroxylation is 1. The Morgan fingerprint density at radius 1 is 1.26 bits per heavy atom. The molecule has 0 radical (unpaired) electrons. The van der Waals surface area contributed by atoms with Gasteiger partial charge in [0.25, 0.3) is 5.91 Å². The Hall–Kier alpha value is -3.74. The molecule has 2 aromatic heterocycles. The number of hydrogen-bond donors (Lipinski definition) is 1. The van der Waals surface area contributed by atoms with E-state index < -0.39 is 5.82 Å². The summed E-state index contributed by atoms with van der Waals surface area (Å²) in [5.41, 5.74) is 2.01. The van der Waals surface area contributed by atoms with Gasteiger partial charge in [0.05, 0.1) is 11.1 Å². The van der Waals surface area contributed by atoms with Crippen LogP contribution >= 0.6 is 11.6 Å². The highest BCUT2D eigenvalue weighted by atomic mass is 35.5. The molecule has 1 amide bonds. The van der Waals surface area contributed by atoms with Gasteiger partial charge in [-0.1, -0.05) is 11.6 Å². The molecule has 0 spiro atoms. The number of rotatable bonds is 4. The van der Waals surface area contributed by atoms with E-state index in [9.17, 15) is 9.18 Å². The second-order valence-electron chi connectivity index (χ2n) is 8.46. The van der Waals surface area contributed by atoms with Crippen molar-refractivity contribution in [2.75, 3.05) is 20.1 Å². The van der Waals surface area contributed by atoms with Gasteiger partial charge in [0.1, 0.15) is 28.6 Å². The fourth-order valence-electron chi connectivity index (χ4n) is 4.25. The number of likely N-dealkylation sites (N-methyl/N-ethyl adjacent to an activating group) is 1. The van der Waals surface area contributed by atoms with Crippen LogP contribution in [0.25, 0.3) is 28.0 Å². The van der Waals surface area contributed by atoms with Gasteiger partial charge in [0.15, 0.2) is 0 Å². The lowest BCUT2D eigenvalue weighted by atomic mass is 10.1. The fraction of sp³-hybridized carbons (Fsp3) is 0.250. The van der Waals surface area contributed by atoms with Crippen LogP contribution in [-0.2, 0) is 7.05 Å². The van der Waals surface area contributed by atoms with Crippen LogP contribution in [0.15, 0.2) is 42.6 Å². The van der Waals surface area contributed by atoms with Crippen molar-refractivity contribution in [1.82, 2.24) is 29.5 Å². The minimum atomic E-state index is -0.652. The number of nitriles is 1. The fourth-order valence-corrected chi connectivity index (χ4v) is 4.44. The first kappa shape index (κ1) is 22.1. The Morgan fingerprint density at radius 3 is 2.79 bits per heavy atom. The van der Waals surface area contributed by atoms with E-state index in [1.807, 2.05) is 31.3 Å². The van der Waals surface area contributed by atoms with Crippen LogP contribution in [0.4, 0.5) is 4.39 Å². The molecule has 0 aliphatic carbocycles. The number of benzene rings is 2. The number of fused-ring (bicyclic) bond motifs is 1. The Balaban J connectivity index is 1.60. The van der Waals surface area contributed by atoms with E-state index >= 15 is 0 Å². The molecule has 1 fully saturated rings. The predicted octanol–water partition coefficient (Wildman–Crippen LogP) is 3.52. The monoisotopic (exact) mass is 477 g/mol. The summed E-state index contributed by atoms with van der Waals surface area (Å²) in [6.45, 7) is 1.69. The minimum Gasteiger partial charge on any atom is -0.347 e. The summed E-state index contributed by atoms with van der Waals surface area (Å²) in [5, 5.41) is 17.7. The minimum absolute atomic E-state index is 0.0454. The number of imidazole rings is 1. The molecule has 1 saturated heterocycles. The zero-order valence-electron chi connectivity index (χ0n) is 18.6. The molecule has 1 aliphatic heterocycles. The van der Waals surface area contributed by atoms with Crippen LogP contribution in [0, 0.1) is 17.1 Å². The van der Waals surface area contributed by atoms with Crippen molar-refractivity contribution in [2.45, 2.75) is 12.5 Å². The van der Waals surface area contributed by atoms with E-state index in [2.05, 4.69) is 20.3 Å². The number of nitrogens with zero attached hydrogens (tertiary/aromatic N) is 6. The molecular formula is C24H21ClFN7O. The summed E-state index contributed by atoms with van der Waals surface area (Å²) in [6, 6.07) is 11.7. The van der Waals surface area contributed by atoms with Crippen LogP contribution in [-0.4, -0.2) is 56.3 Å². The zero-order chi connectivity index (χ0) is 24.0. The normalized spacial score (nSPS) is 16.1. The molecule has 0 bridgehead atoms. The molecule has 2 aromatic carbocycles. The molecule has 0 saturated carbocycles. The summed E-state index contributed by atoms with van der Waals surface area (Å²) < 4.78 is 17.7. The number of hydrogen-bond acceptors (Lipinski definition) is 5. The topological polar surface area (TPSA) is 91.8 Å². The SMILES string of the molecule is CN1CC[C@@H](NC(=O)c2cn(-c3ccc4nn(C)c(Cl)c4c3)c(-c3ccc(C#N)c(F)c3)n2)C1. The summed E-state index contributed by atoms with van der Waals surface area (Å²) in [7, 11) is 3.77. The van der Waals surface area contributed by atoms with Crippen molar-refractivity contribution in [3.63, 3.8) is 0 Å². The molecule has 1 atom stereocenters. The highest BCUT2D eigenvalue weighted by molar-refractivity contribution is 6.34. The van der Waals surface area contributed by atoms with Crippen LogP contribution in [0.3, 0.4) is 0 Å². The Bertz CT molecular complexity index is 1470. The molecule has 0 unspecified atom stereocenters.